The summed E-state index contributed by atoms with van der Waals surface area (Å²) in [7, 11) is -5.26. The summed E-state index contributed by atoms with van der Waals surface area (Å²) in [4.78, 5) is 6.15. The van der Waals surface area contributed by atoms with Gasteiger partial charge in [-0.1, -0.05) is 12.1 Å². The molecule has 0 aliphatic carbocycles. The van der Waals surface area contributed by atoms with Crippen LogP contribution in [0.25, 0.3) is 0 Å². The maximum Gasteiger partial charge on any atom is 0.238 e. The minimum absolute atomic E-state index is 0. The molecule has 1 fully saturated rings. The molecule has 0 amide bonds. The van der Waals surface area contributed by atoms with E-state index in [0.29, 0.717) is 25.6 Å². The van der Waals surface area contributed by atoms with Gasteiger partial charge in [0.05, 0.1) is 15.4 Å². The van der Waals surface area contributed by atoms with E-state index in [2.05, 4.69) is 10.3 Å². The maximum atomic E-state index is 12.1. The van der Waals surface area contributed by atoms with Crippen molar-refractivity contribution in [3.63, 3.8) is 0 Å². The van der Waals surface area contributed by atoms with Gasteiger partial charge in [-0.2, -0.15) is 0 Å². The normalized spacial score (nSPS) is 19.5. The smallest absolute Gasteiger partial charge is 0.238 e. The molecule has 0 aromatic heterocycles. The van der Waals surface area contributed by atoms with Crippen LogP contribution in [0.1, 0.15) is 19.4 Å². The number of nitrogens with zero attached hydrogens (tertiary/aromatic N) is 2. The first-order valence-corrected chi connectivity index (χ1v) is 11.0. The molecule has 0 bridgehead atoms. The number of sulfonamides is 1. The van der Waals surface area contributed by atoms with E-state index in [1.165, 1.54) is 12.1 Å². The molecule has 1 saturated heterocycles. The average Bonchev–Trinajstić information content (AvgIpc) is 2.51. The van der Waals surface area contributed by atoms with Crippen molar-refractivity contribution in [2.24, 2.45) is 10.1 Å². The van der Waals surface area contributed by atoms with E-state index in [4.69, 9.17) is 5.14 Å². The minimum Gasteiger partial charge on any atom is -0.352 e. The van der Waals surface area contributed by atoms with Gasteiger partial charge in [0, 0.05) is 26.7 Å². The third kappa shape index (κ3) is 5.30. The summed E-state index contributed by atoms with van der Waals surface area (Å²) in [6.45, 7) is 4.46. The van der Waals surface area contributed by atoms with Gasteiger partial charge in [0.2, 0.25) is 10.0 Å². The van der Waals surface area contributed by atoms with Crippen LogP contribution in [-0.2, 0) is 26.4 Å². The number of halogens is 1. The molecule has 8 nitrogen and oxygen atoms in total. The molecule has 2 rings (SSSR count). The van der Waals surface area contributed by atoms with E-state index >= 15 is 0 Å². The largest absolute Gasteiger partial charge is 0.352 e. The van der Waals surface area contributed by atoms with Gasteiger partial charge in [-0.05, 0) is 31.5 Å². The van der Waals surface area contributed by atoms with Crippen molar-refractivity contribution >= 4 is 49.8 Å². The lowest BCUT2D eigenvalue weighted by atomic mass is 10.2. The van der Waals surface area contributed by atoms with Crippen LogP contribution in [0.15, 0.2) is 34.2 Å². The number of nitrogens with one attached hydrogen (secondary N) is 1. The maximum absolute atomic E-state index is 12.1. The molecule has 1 aromatic carbocycles. The second kappa shape index (κ2) is 8.40. The van der Waals surface area contributed by atoms with Crippen LogP contribution in [0.2, 0.25) is 0 Å². The van der Waals surface area contributed by atoms with E-state index < -0.39 is 24.6 Å². The Kier molecular flexibility index (Phi) is 7.47. The van der Waals surface area contributed by atoms with Crippen LogP contribution in [-0.4, -0.2) is 58.3 Å². The second-order valence-corrected chi connectivity index (χ2v) is 10.9. The van der Waals surface area contributed by atoms with Gasteiger partial charge >= 0.3 is 0 Å². The molecule has 1 aliphatic heterocycles. The summed E-state index contributed by atoms with van der Waals surface area (Å²) in [5, 5.41) is 8.29. The van der Waals surface area contributed by atoms with E-state index in [-0.39, 0.29) is 34.6 Å². The monoisotopic (exact) mass is 516 g/mol. The fraction of sp³-hybridized carbons (Fsp3) is 0.533. The quantitative estimate of drug-likeness (QED) is 0.344. The first-order chi connectivity index (χ1) is 11.5. The number of sulfone groups is 1. The van der Waals surface area contributed by atoms with Gasteiger partial charge in [0.25, 0.3) is 0 Å². The number of aliphatic imine (C=N–C) groups is 1. The Hall–Kier alpha value is -0.920. The fourth-order valence-corrected chi connectivity index (χ4v) is 4.62. The Labute approximate surface area is 172 Å². The van der Waals surface area contributed by atoms with Gasteiger partial charge in [-0.15, -0.1) is 24.0 Å². The Morgan fingerprint density at radius 3 is 2.58 bits per heavy atom. The zero-order valence-electron chi connectivity index (χ0n) is 15.0. The minimum atomic E-state index is -3.75. The summed E-state index contributed by atoms with van der Waals surface area (Å²) in [6, 6.07) is 6.33. The Balaban J connectivity index is 0.00000338. The van der Waals surface area contributed by atoms with E-state index in [1.54, 1.807) is 33.0 Å². The van der Waals surface area contributed by atoms with Crippen LogP contribution in [0.3, 0.4) is 0 Å². The van der Waals surface area contributed by atoms with Gasteiger partial charge < -0.3 is 10.2 Å². The van der Waals surface area contributed by atoms with E-state index in [0.717, 1.165) is 5.56 Å². The molecule has 0 saturated carbocycles. The summed E-state index contributed by atoms with van der Waals surface area (Å²) in [5.74, 6) is 0.644. The van der Waals surface area contributed by atoms with Crippen LogP contribution >= 0.6 is 24.0 Å². The van der Waals surface area contributed by atoms with Gasteiger partial charge in [-0.3, -0.25) is 4.99 Å². The Morgan fingerprint density at radius 2 is 2.04 bits per heavy atom. The lowest BCUT2D eigenvalue weighted by Crippen LogP contribution is -2.57. The molecule has 0 unspecified atom stereocenters. The molecule has 1 aromatic rings. The molecule has 148 valence electrons. The van der Waals surface area contributed by atoms with Crippen molar-refractivity contribution in [1.29, 1.82) is 0 Å². The predicted molar refractivity (Wildman–Crippen MR) is 113 cm³/mol. The highest BCUT2D eigenvalue weighted by molar-refractivity contribution is 14.0. The van der Waals surface area contributed by atoms with Crippen molar-refractivity contribution < 1.29 is 16.8 Å². The Bertz CT molecular complexity index is 883. The molecule has 0 radical (unpaired) electrons. The first kappa shape index (κ1) is 23.1. The van der Waals surface area contributed by atoms with Gasteiger partial charge in [-0.25, -0.2) is 22.0 Å². The van der Waals surface area contributed by atoms with Crippen molar-refractivity contribution in [2.75, 3.05) is 25.9 Å². The van der Waals surface area contributed by atoms with Crippen molar-refractivity contribution in [3.05, 3.63) is 29.8 Å². The molecular weight excluding hydrogens is 491 g/mol. The number of hydrogen-bond acceptors (Lipinski definition) is 5. The third-order valence-electron chi connectivity index (χ3n) is 4.23. The van der Waals surface area contributed by atoms with Crippen molar-refractivity contribution in [3.8, 4) is 0 Å². The average molecular weight is 516 g/mol. The van der Waals surface area contributed by atoms with Crippen LogP contribution in [0.4, 0.5) is 0 Å². The standard InChI is InChI=1S/C15H24N4O4S2.HI/c1-15(2)11-19(7-8-24(15,20)21)14(17-3)18-10-12-5-4-6-13(9-12)25(16,22)23;/h4-6,9H,7-8,10-11H2,1-3H3,(H,17,18)(H2,16,22,23);1H. The number of hydrogen-bond donors (Lipinski definition) is 2. The highest BCUT2D eigenvalue weighted by Gasteiger charge is 2.40. The summed E-state index contributed by atoms with van der Waals surface area (Å²) < 4.78 is 46.2. The van der Waals surface area contributed by atoms with Crippen LogP contribution in [0.5, 0.6) is 0 Å². The topological polar surface area (TPSA) is 122 Å². The molecule has 3 N–H and O–H groups in total. The lowest BCUT2D eigenvalue weighted by molar-refractivity contribution is 0.353. The highest BCUT2D eigenvalue weighted by atomic mass is 127. The molecule has 11 heteroatoms. The number of benzene rings is 1. The summed E-state index contributed by atoms with van der Waals surface area (Å²) >= 11 is 0. The lowest BCUT2D eigenvalue weighted by Gasteiger charge is -2.39. The molecule has 0 spiro atoms. The van der Waals surface area contributed by atoms with Crippen molar-refractivity contribution in [1.82, 2.24) is 10.2 Å². The first-order valence-electron chi connectivity index (χ1n) is 7.76. The van der Waals surface area contributed by atoms with Gasteiger partial charge in [0.15, 0.2) is 15.8 Å². The van der Waals surface area contributed by atoms with Gasteiger partial charge in [0.1, 0.15) is 0 Å². The second-order valence-electron chi connectivity index (χ2n) is 6.59. The highest BCUT2D eigenvalue weighted by Crippen LogP contribution is 2.23. The van der Waals surface area contributed by atoms with Crippen molar-refractivity contribution in [2.45, 2.75) is 30.0 Å². The zero-order chi connectivity index (χ0) is 18.9. The van der Waals surface area contributed by atoms with E-state index in [1.807, 2.05) is 4.90 Å². The summed E-state index contributed by atoms with van der Waals surface area (Å²) in [6.07, 6.45) is 0. The molecular formula is C15H25IN4O4S2. The van der Waals surface area contributed by atoms with Crippen LogP contribution in [0, 0.1) is 0 Å². The van der Waals surface area contributed by atoms with E-state index in [9.17, 15) is 16.8 Å². The predicted octanol–water partition coefficient (Wildman–Crippen LogP) is 0.536. The molecule has 0 atom stereocenters. The molecule has 26 heavy (non-hydrogen) atoms. The number of nitrogens with two attached hydrogens (primary N) is 1. The van der Waals surface area contributed by atoms with Crippen LogP contribution < -0.4 is 10.5 Å². The molecule has 1 heterocycles. The summed E-state index contributed by atoms with van der Waals surface area (Å²) in [5.41, 5.74) is 0.733. The number of rotatable bonds is 3. The third-order valence-corrected chi connectivity index (χ3v) is 7.68. The fourth-order valence-electron chi connectivity index (χ4n) is 2.67. The SMILES string of the molecule is CN=C(NCc1cccc(S(N)(=O)=O)c1)N1CCS(=O)(=O)C(C)(C)C1.I. The number of guanidine groups is 1. The number of primary sulfonamides is 1. The molecule has 1 aliphatic rings. The zero-order valence-corrected chi connectivity index (χ0v) is 18.9. The Morgan fingerprint density at radius 1 is 1.38 bits per heavy atom.